The highest BCUT2D eigenvalue weighted by atomic mass is 19.4. The Morgan fingerprint density at radius 1 is 1.19 bits per heavy atom. The Morgan fingerprint density at radius 3 is 2.31 bits per heavy atom. The van der Waals surface area contributed by atoms with Crippen molar-refractivity contribution in [2.75, 3.05) is 13.1 Å². The maximum atomic E-state index is 14.0. The van der Waals surface area contributed by atoms with Crippen LogP contribution in [0.4, 0.5) is 17.6 Å². The normalized spacial score (nSPS) is 19.0. The average molecular weight is 235 g/mol. The first kappa shape index (κ1) is 11.2. The molecule has 0 saturated carbocycles. The van der Waals surface area contributed by atoms with Crippen LogP contribution in [0.25, 0.3) is 0 Å². The second-order valence-corrected chi connectivity index (χ2v) is 3.61. The van der Waals surface area contributed by atoms with Crippen LogP contribution in [0.1, 0.15) is 5.56 Å². The Balaban J connectivity index is 2.31. The van der Waals surface area contributed by atoms with Crippen molar-refractivity contribution < 1.29 is 22.3 Å². The van der Waals surface area contributed by atoms with E-state index >= 15 is 0 Å². The molecule has 0 amide bonds. The monoisotopic (exact) mass is 235 g/mol. The third-order valence-electron chi connectivity index (χ3n) is 2.41. The van der Waals surface area contributed by atoms with Crippen LogP contribution in [-0.4, -0.2) is 19.5 Å². The van der Waals surface area contributed by atoms with Crippen molar-refractivity contribution in [1.82, 2.24) is 5.32 Å². The van der Waals surface area contributed by atoms with Gasteiger partial charge in [0, 0.05) is 18.7 Å². The molecule has 2 nitrogen and oxygen atoms in total. The van der Waals surface area contributed by atoms with Gasteiger partial charge in [-0.05, 0) is 6.07 Å². The molecule has 6 heteroatoms. The van der Waals surface area contributed by atoms with Gasteiger partial charge in [-0.1, -0.05) is 18.2 Å². The Hall–Kier alpha value is -1.30. The summed E-state index contributed by atoms with van der Waals surface area (Å²) < 4.78 is 54.0. The van der Waals surface area contributed by atoms with Crippen LogP contribution in [0, 0.1) is 0 Å². The highest BCUT2D eigenvalue weighted by Gasteiger charge is 2.43. The summed E-state index contributed by atoms with van der Waals surface area (Å²) in [6.45, 7) is 0.0104. The molecule has 0 unspecified atom stereocenters. The van der Waals surface area contributed by atoms with E-state index in [1.54, 1.807) is 0 Å². The minimum absolute atomic E-state index is 0.00519. The molecule has 88 valence electrons. The maximum Gasteiger partial charge on any atom is 0.573 e. The summed E-state index contributed by atoms with van der Waals surface area (Å²) in [5, 5.41) is 2.68. The molecule has 1 aliphatic rings. The number of rotatable bonds is 2. The van der Waals surface area contributed by atoms with E-state index in [2.05, 4.69) is 10.1 Å². The molecular weight excluding hydrogens is 226 g/mol. The molecule has 16 heavy (non-hydrogen) atoms. The van der Waals surface area contributed by atoms with Crippen LogP contribution in [0.2, 0.25) is 0 Å². The van der Waals surface area contributed by atoms with E-state index in [0.717, 1.165) is 6.07 Å². The lowest BCUT2D eigenvalue weighted by molar-refractivity contribution is -0.275. The Kier molecular flexibility index (Phi) is 2.53. The quantitative estimate of drug-likeness (QED) is 0.794. The number of ether oxygens (including phenoxy) is 1. The molecule has 1 aliphatic heterocycles. The fraction of sp³-hybridized carbons (Fsp3) is 0.400. The highest BCUT2D eigenvalue weighted by molar-refractivity contribution is 5.40. The Labute approximate surface area is 89.2 Å². The number of alkyl halides is 4. The van der Waals surface area contributed by atoms with Gasteiger partial charge in [-0.3, -0.25) is 0 Å². The van der Waals surface area contributed by atoms with E-state index in [-0.39, 0.29) is 18.7 Å². The van der Waals surface area contributed by atoms with Gasteiger partial charge in [-0.25, -0.2) is 4.39 Å². The standard InChI is InChI=1S/C10H9F4NO/c11-9(5-15-6-9)7-3-1-2-4-8(7)16-10(12,13)14/h1-4,15H,5-6H2. The second kappa shape index (κ2) is 3.62. The number of hydrogen-bond donors (Lipinski definition) is 1. The Bertz CT molecular complexity index is 387. The number of halogens is 4. The van der Waals surface area contributed by atoms with Crippen molar-refractivity contribution >= 4 is 0 Å². The minimum atomic E-state index is -4.80. The van der Waals surface area contributed by atoms with Crippen LogP contribution in [-0.2, 0) is 5.67 Å². The summed E-state index contributed by atoms with van der Waals surface area (Å²) in [4.78, 5) is 0. The smallest absolute Gasteiger partial charge is 0.405 e. The first-order chi connectivity index (χ1) is 7.41. The van der Waals surface area contributed by atoms with Crippen LogP contribution in [0.15, 0.2) is 24.3 Å². The molecule has 1 N–H and O–H groups in total. The zero-order chi connectivity index (χ0) is 11.8. The third kappa shape index (κ3) is 2.11. The molecule has 1 aromatic carbocycles. The van der Waals surface area contributed by atoms with E-state index in [4.69, 9.17) is 0 Å². The van der Waals surface area contributed by atoms with Gasteiger partial charge in [0.15, 0.2) is 5.67 Å². The van der Waals surface area contributed by atoms with E-state index in [1.807, 2.05) is 0 Å². The zero-order valence-electron chi connectivity index (χ0n) is 8.14. The van der Waals surface area contributed by atoms with Crippen molar-refractivity contribution in [2.24, 2.45) is 0 Å². The SMILES string of the molecule is FC(F)(F)Oc1ccccc1C1(F)CNC1. The van der Waals surface area contributed by atoms with Crippen LogP contribution in [0.5, 0.6) is 5.75 Å². The second-order valence-electron chi connectivity index (χ2n) is 3.61. The Morgan fingerprint density at radius 2 is 1.81 bits per heavy atom. The van der Waals surface area contributed by atoms with Gasteiger partial charge < -0.3 is 10.1 Å². The van der Waals surface area contributed by atoms with Gasteiger partial charge in [0.25, 0.3) is 0 Å². The average Bonchev–Trinajstić information content (AvgIpc) is 2.12. The topological polar surface area (TPSA) is 21.3 Å². The molecular formula is C10H9F4NO. The summed E-state index contributed by atoms with van der Waals surface area (Å²) >= 11 is 0. The van der Waals surface area contributed by atoms with Crippen LogP contribution >= 0.6 is 0 Å². The fourth-order valence-electron chi connectivity index (χ4n) is 1.59. The summed E-state index contributed by atoms with van der Waals surface area (Å²) in [7, 11) is 0. The summed E-state index contributed by atoms with van der Waals surface area (Å²) in [5.41, 5.74) is -1.83. The number of benzene rings is 1. The molecule has 2 rings (SSSR count). The van der Waals surface area contributed by atoms with Crippen molar-refractivity contribution in [1.29, 1.82) is 0 Å². The summed E-state index contributed by atoms with van der Waals surface area (Å²) in [5.74, 6) is -0.473. The number of para-hydroxylation sites is 1. The van der Waals surface area contributed by atoms with Gasteiger partial charge in [0.1, 0.15) is 5.75 Å². The lowest BCUT2D eigenvalue weighted by atomic mass is 9.89. The number of hydrogen-bond acceptors (Lipinski definition) is 2. The molecule has 0 bridgehead atoms. The summed E-state index contributed by atoms with van der Waals surface area (Å²) in [6.07, 6.45) is -4.80. The van der Waals surface area contributed by atoms with E-state index in [1.165, 1.54) is 18.2 Å². The van der Waals surface area contributed by atoms with Crippen molar-refractivity contribution in [2.45, 2.75) is 12.0 Å². The minimum Gasteiger partial charge on any atom is -0.405 e. The molecule has 1 aromatic rings. The van der Waals surface area contributed by atoms with Crippen molar-refractivity contribution in [3.63, 3.8) is 0 Å². The van der Waals surface area contributed by atoms with Gasteiger partial charge in [0.2, 0.25) is 0 Å². The predicted octanol–water partition coefficient (Wildman–Crippen LogP) is 2.35. The molecule has 1 saturated heterocycles. The molecule has 0 aliphatic carbocycles. The zero-order valence-corrected chi connectivity index (χ0v) is 8.14. The van der Waals surface area contributed by atoms with Gasteiger partial charge in [0.05, 0.1) is 0 Å². The molecule has 0 atom stereocenters. The summed E-state index contributed by atoms with van der Waals surface area (Å²) in [6, 6.07) is 5.28. The lowest BCUT2D eigenvalue weighted by Gasteiger charge is -2.36. The van der Waals surface area contributed by atoms with Crippen LogP contribution < -0.4 is 10.1 Å². The first-order valence-corrected chi connectivity index (χ1v) is 4.66. The van der Waals surface area contributed by atoms with E-state index in [9.17, 15) is 17.6 Å². The van der Waals surface area contributed by atoms with E-state index in [0.29, 0.717) is 0 Å². The molecule has 0 aromatic heterocycles. The van der Waals surface area contributed by atoms with Crippen molar-refractivity contribution in [3.05, 3.63) is 29.8 Å². The molecule has 1 heterocycles. The number of nitrogens with one attached hydrogen (secondary N) is 1. The molecule has 1 fully saturated rings. The van der Waals surface area contributed by atoms with Crippen LogP contribution in [0.3, 0.4) is 0 Å². The molecule has 0 spiro atoms. The van der Waals surface area contributed by atoms with Crippen molar-refractivity contribution in [3.8, 4) is 5.75 Å². The van der Waals surface area contributed by atoms with Gasteiger partial charge >= 0.3 is 6.36 Å². The predicted molar refractivity (Wildman–Crippen MR) is 48.8 cm³/mol. The fourth-order valence-corrected chi connectivity index (χ4v) is 1.59. The lowest BCUT2D eigenvalue weighted by Crippen LogP contribution is -2.53. The maximum absolute atomic E-state index is 14.0. The van der Waals surface area contributed by atoms with E-state index < -0.39 is 17.8 Å². The molecule has 0 radical (unpaired) electrons. The first-order valence-electron chi connectivity index (χ1n) is 4.66. The highest BCUT2D eigenvalue weighted by Crippen LogP contribution is 2.38. The van der Waals surface area contributed by atoms with Gasteiger partial charge in [-0.2, -0.15) is 0 Å². The third-order valence-corrected chi connectivity index (χ3v) is 2.41. The largest absolute Gasteiger partial charge is 0.573 e. The van der Waals surface area contributed by atoms with Gasteiger partial charge in [-0.15, -0.1) is 13.2 Å².